The maximum Gasteiger partial charge on any atom is 0.305 e. The monoisotopic (exact) mass is 590 g/mol. The number of nitrogens with one attached hydrogen (secondary N) is 5. The molecule has 5 amide bonds. The number of hydrogen-bond donors (Lipinski definition) is 10. The first kappa shape index (κ1) is 37.3. The highest BCUT2D eigenvalue weighted by Crippen LogP contribution is 2.03. The number of aliphatic hydroxyl groups excluding tert-OH is 3. The lowest BCUT2D eigenvalue weighted by atomic mass is 10.1. The molecule has 0 aromatic heterocycles. The Morgan fingerprint density at radius 2 is 1.20 bits per heavy atom. The predicted molar refractivity (Wildman–Crippen MR) is 142 cm³/mol. The molecule has 0 rings (SSSR count). The van der Waals surface area contributed by atoms with Gasteiger partial charge >= 0.3 is 5.97 Å². The topological polar surface area (TPSA) is 287 Å². The second-order valence-corrected chi connectivity index (χ2v) is 9.65. The molecule has 0 bridgehead atoms. The fourth-order valence-electron chi connectivity index (χ4n) is 3.34. The van der Waals surface area contributed by atoms with E-state index >= 15 is 0 Å². The summed E-state index contributed by atoms with van der Waals surface area (Å²) in [6, 6.07) is -8.71. The highest BCUT2D eigenvalue weighted by atomic mass is 16.4. The van der Waals surface area contributed by atoms with Gasteiger partial charge in [-0.1, -0.05) is 13.3 Å². The number of carbonyl (C=O) groups is 7. The molecule has 0 saturated heterocycles. The molecule has 0 radical (unpaired) electrons. The molecular weight excluding hydrogens is 548 g/mol. The zero-order valence-electron chi connectivity index (χ0n) is 23.6. The van der Waals surface area contributed by atoms with Crippen LogP contribution >= 0.6 is 0 Å². The fourth-order valence-corrected chi connectivity index (χ4v) is 3.34. The predicted octanol–water partition coefficient (Wildman–Crippen LogP) is -4.63. The van der Waals surface area contributed by atoms with E-state index in [4.69, 9.17) is 5.73 Å². The molecule has 0 saturated carbocycles. The van der Waals surface area contributed by atoms with Crippen LogP contribution in [0.5, 0.6) is 0 Å². The third kappa shape index (κ3) is 13.0. The van der Waals surface area contributed by atoms with Crippen LogP contribution in [-0.4, -0.2) is 117 Å². The minimum Gasteiger partial charge on any atom is -0.481 e. The fraction of sp³-hybridized carbons (Fsp3) is 0.708. The van der Waals surface area contributed by atoms with Crippen molar-refractivity contribution in [3.05, 3.63) is 0 Å². The van der Waals surface area contributed by atoms with Crippen LogP contribution in [0.25, 0.3) is 0 Å². The van der Waals surface area contributed by atoms with E-state index < -0.39 is 96.5 Å². The molecule has 0 unspecified atom stereocenters. The summed E-state index contributed by atoms with van der Waals surface area (Å²) < 4.78 is 0. The Balaban J connectivity index is 5.67. The molecule has 0 aromatic carbocycles. The summed E-state index contributed by atoms with van der Waals surface area (Å²) >= 11 is 0. The number of aliphatic hydroxyl groups is 3. The van der Waals surface area contributed by atoms with Crippen molar-refractivity contribution in [3.8, 4) is 0 Å². The van der Waals surface area contributed by atoms with Crippen molar-refractivity contribution in [1.29, 1.82) is 0 Å². The minimum absolute atomic E-state index is 0.241. The maximum absolute atomic E-state index is 12.9. The second kappa shape index (κ2) is 17.9. The van der Waals surface area contributed by atoms with E-state index in [2.05, 4.69) is 26.6 Å². The second-order valence-electron chi connectivity index (χ2n) is 9.65. The average Bonchev–Trinajstić information content (AvgIpc) is 2.86. The third-order valence-corrected chi connectivity index (χ3v) is 5.80. The van der Waals surface area contributed by atoms with Gasteiger partial charge in [-0.2, -0.15) is 0 Å². The summed E-state index contributed by atoms with van der Waals surface area (Å²) in [6.07, 6.45) is -4.18. The Morgan fingerprint density at radius 1 is 0.707 bits per heavy atom. The maximum atomic E-state index is 12.9. The third-order valence-electron chi connectivity index (χ3n) is 5.80. The van der Waals surface area contributed by atoms with Crippen LogP contribution in [0.2, 0.25) is 0 Å². The summed E-state index contributed by atoms with van der Waals surface area (Å²) in [5, 5.41) is 49.8. The smallest absolute Gasteiger partial charge is 0.305 e. The molecule has 0 heterocycles. The van der Waals surface area contributed by atoms with Gasteiger partial charge in [0, 0.05) is 0 Å². The molecule has 0 aromatic rings. The zero-order valence-corrected chi connectivity index (χ0v) is 23.6. The lowest BCUT2D eigenvalue weighted by molar-refractivity contribution is -0.142. The quantitative estimate of drug-likeness (QED) is 0.0675. The standard InChI is InChI=1S/C24H42N6O11/c1-6-7-14(25)21(38)26-10(2)20(37)27-15(8-17(35)36)22(39)29-19(13(5)34)24(41)30-18(12(4)33)23(40)28-16(9-31)11(3)32/h9-16,18-19,32-34H,6-8,25H2,1-5H3,(H,26,38)(H,27,37)(H,28,40)(H,29,39)(H,30,41)(H,35,36)/t10-,11+,12+,13+,14-,15-,16+,18-,19-/m0/s1. The molecule has 0 aliphatic heterocycles. The first-order valence-electron chi connectivity index (χ1n) is 12.9. The van der Waals surface area contributed by atoms with Crippen LogP contribution in [-0.2, 0) is 33.6 Å². The number of aliphatic carboxylic acids is 1. The van der Waals surface area contributed by atoms with Gasteiger partial charge in [0.15, 0.2) is 0 Å². The van der Waals surface area contributed by atoms with Crippen molar-refractivity contribution in [2.45, 2.75) is 108 Å². The SMILES string of the molecule is CCC[C@H](N)C(=O)N[C@@H](C)C(=O)N[C@@H](CC(=O)O)C(=O)N[C@H](C(=O)N[C@H](C(=O)N[C@H](C=O)[C@@H](C)O)[C@@H](C)O)[C@@H](C)O. The number of amides is 5. The lowest BCUT2D eigenvalue weighted by Crippen LogP contribution is -2.63. The van der Waals surface area contributed by atoms with E-state index in [0.29, 0.717) is 12.8 Å². The van der Waals surface area contributed by atoms with Gasteiger partial charge in [0.05, 0.1) is 30.8 Å². The molecule has 9 atom stereocenters. The highest BCUT2D eigenvalue weighted by Gasteiger charge is 2.35. The van der Waals surface area contributed by atoms with Crippen molar-refractivity contribution in [2.75, 3.05) is 0 Å². The van der Waals surface area contributed by atoms with E-state index in [-0.39, 0.29) is 6.29 Å². The zero-order chi connectivity index (χ0) is 32.0. The number of carboxylic acids is 1. The number of nitrogens with two attached hydrogens (primary N) is 1. The minimum atomic E-state index is -1.80. The highest BCUT2D eigenvalue weighted by molar-refractivity contribution is 5.97. The largest absolute Gasteiger partial charge is 0.481 e. The molecular formula is C24H42N6O11. The number of carbonyl (C=O) groups excluding carboxylic acids is 6. The van der Waals surface area contributed by atoms with Crippen molar-refractivity contribution in [3.63, 3.8) is 0 Å². The normalized spacial score (nSPS) is 17.6. The molecule has 17 nitrogen and oxygen atoms in total. The number of rotatable bonds is 18. The van der Waals surface area contributed by atoms with Gasteiger partial charge in [-0.3, -0.25) is 28.8 Å². The first-order chi connectivity index (χ1) is 19.0. The lowest BCUT2D eigenvalue weighted by Gasteiger charge is -2.28. The van der Waals surface area contributed by atoms with Gasteiger partial charge in [0.1, 0.15) is 36.5 Å². The molecule has 0 aliphatic carbocycles. The van der Waals surface area contributed by atoms with Crippen LogP contribution in [0.1, 0.15) is 53.9 Å². The number of hydrogen-bond acceptors (Lipinski definition) is 11. The van der Waals surface area contributed by atoms with E-state index in [0.717, 1.165) is 13.8 Å². The van der Waals surface area contributed by atoms with Gasteiger partial charge < -0.3 is 57.5 Å². The molecule has 11 N–H and O–H groups in total. The van der Waals surface area contributed by atoms with Gasteiger partial charge in [-0.05, 0) is 34.1 Å². The van der Waals surface area contributed by atoms with Crippen LogP contribution < -0.4 is 32.3 Å². The van der Waals surface area contributed by atoms with Gasteiger partial charge in [0.2, 0.25) is 29.5 Å². The van der Waals surface area contributed by atoms with Gasteiger partial charge in [-0.25, -0.2) is 0 Å². The number of carboxylic acid groups (broad SMARTS) is 1. The summed E-state index contributed by atoms with van der Waals surface area (Å²) in [5.74, 6) is -6.51. The van der Waals surface area contributed by atoms with Gasteiger partial charge in [0.25, 0.3) is 0 Å². The Hall–Kier alpha value is -3.67. The van der Waals surface area contributed by atoms with Crippen molar-refractivity contribution in [1.82, 2.24) is 26.6 Å². The molecule has 0 aliphatic rings. The number of aldehydes is 1. The van der Waals surface area contributed by atoms with Crippen molar-refractivity contribution in [2.24, 2.45) is 5.73 Å². The van der Waals surface area contributed by atoms with Gasteiger partial charge in [-0.15, -0.1) is 0 Å². The van der Waals surface area contributed by atoms with E-state index in [9.17, 15) is 54.0 Å². The van der Waals surface area contributed by atoms with Crippen LogP contribution in [0, 0.1) is 0 Å². The first-order valence-corrected chi connectivity index (χ1v) is 12.9. The molecule has 0 fully saturated rings. The van der Waals surface area contributed by atoms with Crippen LogP contribution in [0.15, 0.2) is 0 Å². The summed E-state index contributed by atoms with van der Waals surface area (Å²) in [6.45, 7) is 6.53. The van der Waals surface area contributed by atoms with E-state index in [1.807, 2.05) is 0 Å². The van der Waals surface area contributed by atoms with Crippen LogP contribution in [0.4, 0.5) is 0 Å². The van der Waals surface area contributed by atoms with Crippen LogP contribution in [0.3, 0.4) is 0 Å². The molecule has 0 spiro atoms. The Bertz CT molecular complexity index is 943. The summed E-state index contributed by atoms with van der Waals surface area (Å²) in [4.78, 5) is 85.4. The summed E-state index contributed by atoms with van der Waals surface area (Å²) in [7, 11) is 0. The summed E-state index contributed by atoms with van der Waals surface area (Å²) in [5.41, 5.74) is 5.70. The van der Waals surface area contributed by atoms with E-state index in [1.165, 1.54) is 13.8 Å². The molecule has 41 heavy (non-hydrogen) atoms. The van der Waals surface area contributed by atoms with Crippen molar-refractivity contribution >= 4 is 41.8 Å². The van der Waals surface area contributed by atoms with Crippen molar-refractivity contribution < 1.29 is 54.0 Å². The average molecular weight is 591 g/mol. The Labute approximate surface area is 237 Å². The Morgan fingerprint density at radius 3 is 1.61 bits per heavy atom. The molecule has 17 heteroatoms. The van der Waals surface area contributed by atoms with E-state index in [1.54, 1.807) is 6.92 Å². The Kier molecular flexibility index (Phi) is 16.3. The molecule has 234 valence electrons.